The smallest absolute Gasteiger partial charge is 0.412 e. The van der Waals surface area contributed by atoms with Gasteiger partial charge in [0.25, 0.3) is 0 Å². The van der Waals surface area contributed by atoms with Crippen molar-refractivity contribution in [3.63, 3.8) is 0 Å². The standard InChI is InChI=1S/C16H21F3N2O3/c1-21(10-13-4-3-9-24-13)15(22)20-14(16(17,18)19)11-5-7-12(23-2)8-6-11/h5-8,13-14H,3-4,9-10H2,1-2H3,(H,20,22)/t13-,14+/m0/s1. The van der Waals surface area contributed by atoms with Crippen molar-refractivity contribution >= 4 is 6.03 Å². The van der Waals surface area contributed by atoms with Crippen molar-refractivity contribution in [2.24, 2.45) is 0 Å². The molecule has 1 heterocycles. The number of rotatable bonds is 5. The van der Waals surface area contributed by atoms with Crippen LogP contribution in [0.1, 0.15) is 24.4 Å². The van der Waals surface area contributed by atoms with Gasteiger partial charge in [-0.25, -0.2) is 4.79 Å². The average Bonchev–Trinajstić information content (AvgIpc) is 3.04. The molecule has 1 aromatic rings. The third kappa shape index (κ3) is 4.77. The zero-order valence-corrected chi connectivity index (χ0v) is 13.6. The van der Waals surface area contributed by atoms with E-state index in [0.29, 0.717) is 12.4 Å². The maximum atomic E-state index is 13.3. The molecule has 24 heavy (non-hydrogen) atoms. The summed E-state index contributed by atoms with van der Waals surface area (Å²) in [6, 6.07) is 2.56. The minimum atomic E-state index is -4.60. The van der Waals surface area contributed by atoms with Crippen molar-refractivity contribution in [2.45, 2.75) is 31.2 Å². The summed E-state index contributed by atoms with van der Waals surface area (Å²) in [5.74, 6) is 0.446. The van der Waals surface area contributed by atoms with Gasteiger partial charge in [0, 0.05) is 20.2 Å². The van der Waals surface area contributed by atoms with Crippen LogP contribution in [0.25, 0.3) is 0 Å². The van der Waals surface area contributed by atoms with Crippen molar-refractivity contribution in [3.8, 4) is 5.75 Å². The number of halogens is 3. The summed E-state index contributed by atoms with van der Waals surface area (Å²) < 4.78 is 50.3. The molecule has 1 aromatic carbocycles. The molecule has 1 aliphatic rings. The van der Waals surface area contributed by atoms with Crippen LogP contribution in [0.4, 0.5) is 18.0 Å². The van der Waals surface area contributed by atoms with Gasteiger partial charge in [0.1, 0.15) is 5.75 Å². The van der Waals surface area contributed by atoms with Gasteiger partial charge in [0.2, 0.25) is 0 Å². The number of benzene rings is 1. The highest BCUT2D eigenvalue weighted by molar-refractivity contribution is 5.74. The topological polar surface area (TPSA) is 50.8 Å². The van der Waals surface area contributed by atoms with E-state index in [2.05, 4.69) is 5.32 Å². The van der Waals surface area contributed by atoms with E-state index in [9.17, 15) is 18.0 Å². The first-order valence-corrected chi connectivity index (χ1v) is 7.65. The van der Waals surface area contributed by atoms with Crippen LogP contribution in [0.2, 0.25) is 0 Å². The molecule has 134 valence electrons. The minimum absolute atomic E-state index is 0.0535. The lowest BCUT2D eigenvalue weighted by Crippen LogP contribution is -2.46. The molecule has 0 saturated carbocycles. The predicted octanol–water partition coefficient (Wildman–Crippen LogP) is 3.12. The van der Waals surface area contributed by atoms with Gasteiger partial charge < -0.3 is 19.7 Å². The molecule has 1 fully saturated rings. The lowest BCUT2D eigenvalue weighted by molar-refractivity contribution is -0.155. The number of alkyl halides is 3. The number of hydrogen-bond acceptors (Lipinski definition) is 3. The van der Waals surface area contributed by atoms with Gasteiger partial charge in [-0.15, -0.1) is 0 Å². The van der Waals surface area contributed by atoms with E-state index in [-0.39, 0.29) is 18.2 Å². The highest BCUT2D eigenvalue weighted by Crippen LogP contribution is 2.33. The van der Waals surface area contributed by atoms with E-state index in [1.807, 2.05) is 0 Å². The number of hydrogen-bond donors (Lipinski definition) is 1. The van der Waals surface area contributed by atoms with Crippen molar-refractivity contribution in [1.29, 1.82) is 0 Å². The minimum Gasteiger partial charge on any atom is -0.497 e. The SMILES string of the molecule is COc1ccc([C@@H](NC(=O)N(C)C[C@@H]2CCCO2)C(F)(F)F)cc1. The Labute approximate surface area is 138 Å². The van der Waals surface area contributed by atoms with Gasteiger partial charge in [0.05, 0.1) is 13.2 Å². The molecule has 2 amide bonds. The molecule has 0 bridgehead atoms. The number of ether oxygens (including phenoxy) is 2. The van der Waals surface area contributed by atoms with E-state index in [4.69, 9.17) is 9.47 Å². The molecule has 0 unspecified atom stereocenters. The van der Waals surface area contributed by atoms with Crippen LogP contribution in [-0.2, 0) is 4.74 Å². The second kappa shape index (κ2) is 7.74. The molecule has 0 spiro atoms. The van der Waals surface area contributed by atoms with Crippen LogP contribution in [0, 0.1) is 0 Å². The maximum absolute atomic E-state index is 13.3. The Bertz CT molecular complexity index is 542. The highest BCUT2D eigenvalue weighted by Gasteiger charge is 2.42. The van der Waals surface area contributed by atoms with Gasteiger partial charge in [-0.2, -0.15) is 13.2 Å². The average molecular weight is 346 g/mol. The fraction of sp³-hybridized carbons (Fsp3) is 0.562. The van der Waals surface area contributed by atoms with E-state index in [1.165, 1.54) is 43.3 Å². The molecule has 2 atom stereocenters. The lowest BCUT2D eigenvalue weighted by Gasteiger charge is -2.27. The van der Waals surface area contributed by atoms with E-state index in [1.54, 1.807) is 0 Å². The lowest BCUT2D eigenvalue weighted by atomic mass is 10.1. The Morgan fingerprint density at radius 1 is 1.42 bits per heavy atom. The quantitative estimate of drug-likeness (QED) is 0.891. The van der Waals surface area contributed by atoms with Crippen LogP contribution in [0.3, 0.4) is 0 Å². The molecule has 0 radical (unpaired) electrons. The Kier molecular flexibility index (Phi) is 5.93. The first-order chi connectivity index (χ1) is 11.3. The number of carbonyl (C=O) groups is 1. The van der Waals surface area contributed by atoms with E-state index >= 15 is 0 Å². The fourth-order valence-electron chi connectivity index (χ4n) is 2.56. The summed E-state index contributed by atoms with van der Waals surface area (Å²) in [6.45, 7) is 0.885. The fourth-order valence-corrected chi connectivity index (χ4v) is 2.56. The number of nitrogens with one attached hydrogen (secondary N) is 1. The third-order valence-corrected chi connectivity index (χ3v) is 3.89. The number of amides is 2. The van der Waals surface area contributed by atoms with Crippen molar-refractivity contribution in [3.05, 3.63) is 29.8 Å². The van der Waals surface area contributed by atoms with Crippen LogP contribution in [0.15, 0.2) is 24.3 Å². The third-order valence-electron chi connectivity index (χ3n) is 3.89. The van der Waals surface area contributed by atoms with Gasteiger partial charge in [-0.1, -0.05) is 12.1 Å². The molecule has 1 saturated heterocycles. The van der Waals surface area contributed by atoms with Crippen LogP contribution < -0.4 is 10.1 Å². The second-order valence-electron chi connectivity index (χ2n) is 5.71. The molecule has 8 heteroatoms. The van der Waals surface area contributed by atoms with Gasteiger partial charge in [0.15, 0.2) is 6.04 Å². The molecule has 1 N–H and O–H groups in total. The monoisotopic (exact) mass is 346 g/mol. The molecular formula is C16H21F3N2O3. The number of nitrogens with zero attached hydrogens (tertiary/aromatic N) is 1. The Hall–Kier alpha value is -1.96. The van der Waals surface area contributed by atoms with Gasteiger partial charge in [-0.05, 0) is 30.5 Å². The van der Waals surface area contributed by atoms with Gasteiger partial charge in [-0.3, -0.25) is 0 Å². The molecular weight excluding hydrogens is 325 g/mol. The number of carbonyl (C=O) groups excluding carboxylic acids is 1. The molecule has 2 rings (SSSR count). The molecule has 1 aliphatic heterocycles. The van der Waals surface area contributed by atoms with Crippen molar-refractivity contribution in [2.75, 3.05) is 27.3 Å². The number of urea groups is 1. The van der Waals surface area contributed by atoms with Gasteiger partial charge >= 0.3 is 12.2 Å². The normalized spacial score (nSPS) is 19.0. The molecule has 0 aliphatic carbocycles. The highest BCUT2D eigenvalue weighted by atomic mass is 19.4. The van der Waals surface area contributed by atoms with E-state index < -0.39 is 18.2 Å². The first-order valence-electron chi connectivity index (χ1n) is 7.65. The van der Waals surface area contributed by atoms with Crippen molar-refractivity contribution in [1.82, 2.24) is 10.2 Å². The molecule has 5 nitrogen and oxygen atoms in total. The summed E-state index contributed by atoms with van der Waals surface area (Å²) in [5, 5.41) is 2.05. The van der Waals surface area contributed by atoms with Crippen LogP contribution in [-0.4, -0.2) is 50.5 Å². The number of likely N-dealkylation sites (N-methyl/N-ethyl adjacent to an activating group) is 1. The summed E-state index contributed by atoms with van der Waals surface area (Å²) in [4.78, 5) is 13.3. The largest absolute Gasteiger partial charge is 0.497 e. The van der Waals surface area contributed by atoms with Crippen LogP contribution >= 0.6 is 0 Å². The maximum Gasteiger partial charge on any atom is 0.412 e. The second-order valence-corrected chi connectivity index (χ2v) is 5.71. The number of methoxy groups -OCH3 is 1. The predicted molar refractivity (Wildman–Crippen MR) is 81.9 cm³/mol. The first kappa shape index (κ1) is 18.4. The van der Waals surface area contributed by atoms with Crippen molar-refractivity contribution < 1.29 is 27.4 Å². The summed E-state index contributed by atoms with van der Waals surface area (Å²) >= 11 is 0. The molecule has 0 aromatic heterocycles. The Morgan fingerprint density at radius 2 is 2.08 bits per heavy atom. The Balaban J connectivity index is 2.05. The van der Waals surface area contributed by atoms with E-state index in [0.717, 1.165) is 12.8 Å². The Morgan fingerprint density at radius 3 is 2.58 bits per heavy atom. The summed E-state index contributed by atoms with van der Waals surface area (Å²) in [7, 11) is 2.89. The summed E-state index contributed by atoms with van der Waals surface area (Å²) in [5.41, 5.74) is -0.0535. The zero-order valence-electron chi connectivity index (χ0n) is 13.6. The summed E-state index contributed by atoms with van der Waals surface area (Å²) in [6.07, 6.45) is -3.02. The zero-order chi connectivity index (χ0) is 17.7. The van der Waals surface area contributed by atoms with Crippen LogP contribution in [0.5, 0.6) is 5.75 Å².